The Hall–Kier alpha value is -1.45. The first-order valence-corrected chi connectivity index (χ1v) is 4.88. The minimum Gasteiger partial charge on any atom is -0.347 e. The minimum atomic E-state index is -0.497. The van der Waals surface area contributed by atoms with Crippen LogP contribution in [0.4, 0.5) is 4.39 Å². The molecule has 1 atom stereocenters. The van der Waals surface area contributed by atoms with Crippen molar-refractivity contribution in [3.8, 4) is 0 Å². The van der Waals surface area contributed by atoms with E-state index in [0.717, 1.165) is 5.57 Å². The van der Waals surface area contributed by atoms with Crippen molar-refractivity contribution in [2.24, 2.45) is 0 Å². The molecule has 1 aliphatic rings. The number of nitrogens with one attached hydrogen (secondary N) is 1. The van der Waals surface area contributed by atoms with Gasteiger partial charge in [0.1, 0.15) is 12.1 Å². The highest BCUT2D eigenvalue weighted by atomic mass is 19.1. The summed E-state index contributed by atoms with van der Waals surface area (Å²) < 4.78 is 12.7. The number of hydrogen-bond acceptors (Lipinski definition) is 2. The molecule has 0 bridgehead atoms. The lowest BCUT2D eigenvalue weighted by Gasteiger charge is -2.15. The number of allylic oxidation sites excluding steroid dienone is 3. The summed E-state index contributed by atoms with van der Waals surface area (Å²) in [5.74, 6) is -0.369. The Balaban J connectivity index is 2.52. The fourth-order valence-corrected chi connectivity index (χ4v) is 1.50. The fourth-order valence-electron chi connectivity index (χ4n) is 1.50. The van der Waals surface area contributed by atoms with Crippen molar-refractivity contribution in [3.63, 3.8) is 0 Å². The molecule has 4 heteroatoms. The molecule has 0 aliphatic heterocycles. The number of carbonyl (C=O) groups excluding carboxylic acids is 2. The molecule has 0 saturated carbocycles. The van der Waals surface area contributed by atoms with Crippen LogP contribution in [-0.4, -0.2) is 18.2 Å². The predicted molar refractivity (Wildman–Crippen MR) is 54.8 cm³/mol. The van der Waals surface area contributed by atoms with Gasteiger partial charge in [-0.15, -0.1) is 0 Å². The van der Waals surface area contributed by atoms with E-state index >= 15 is 0 Å². The first kappa shape index (κ1) is 11.6. The lowest BCUT2D eigenvalue weighted by molar-refractivity contribution is -0.122. The topological polar surface area (TPSA) is 46.2 Å². The Kier molecular flexibility index (Phi) is 4.21. The number of amides is 1. The normalized spacial score (nSPS) is 17.5. The molecule has 0 aromatic rings. The van der Waals surface area contributed by atoms with Gasteiger partial charge in [-0.05, 0) is 18.9 Å². The zero-order valence-corrected chi connectivity index (χ0v) is 8.63. The third-order valence-electron chi connectivity index (χ3n) is 2.22. The van der Waals surface area contributed by atoms with Crippen LogP contribution >= 0.6 is 0 Å². The highest BCUT2D eigenvalue weighted by Crippen LogP contribution is 2.21. The molecule has 0 radical (unpaired) electrons. The maximum atomic E-state index is 12.7. The summed E-state index contributed by atoms with van der Waals surface area (Å²) in [6, 6.07) is -0.497. The Morgan fingerprint density at radius 1 is 1.60 bits per heavy atom. The van der Waals surface area contributed by atoms with Gasteiger partial charge in [0.05, 0.1) is 6.04 Å². The molecule has 0 fully saturated rings. The summed E-state index contributed by atoms with van der Waals surface area (Å²) in [6.45, 7) is 1.37. The summed E-state index contributed by atoms with van der Waals surface area (Å²) in [5, 5.41) is 2.53. The monoisotopic (exact) mass is 211 g/mol. The van der Waals surface area contributed by atoms with Crippen molar-refractivity contribution in [2.75, 3.05) is 0 Å². The third-order valence-corrected chi connectivity index (χ3v) is 2.22. The van der Waals surface area contributed by atoms with Gasteiger partial charge in [0.15, 0.2) is 0 Å². The molecule has 0 spiro atoms. The van der Waals surface area contributed by atoms with Crippen LogP contribution in [0.5, 0.6) is 0 Å². The molecule has 1 amide bonds. The van der Waals surface area contributed by atoms with Gasteiger partial charge in [0.2, 0.25) is 5.91 Å². The molecule has 15 heavy (non-hydrogen) atoms. The number of rotatable bonds is 4. The Labute approximate surface area is 88.0 Å². The van der Waals surface area contributed by atoms with Gasteiger partial charge < -0.3 is 10.1 Å². The van der Waals surface area contributed by atoms with Gasteiger partial charge >= 0.3 is 0 Å². The fraction of sp³-hybridized carbons (Fsp3) is 0.455. The number of hydrogen-bond donors (Lipinski definition) is 1. The molecular weight excluding hydrogens is 197 g/mol. The van der Waals surface area contributed by atoms with Crippen LogP contribution in [0.3, 0.4) is 0 Å². The molecular formula is C11H14FNO2. The van der Waals surface area contributed by atoms with Crippen molar-refractivity contribution >= 4 is 12.2 Å². The van der Waals surface area contributed by atoms with E-state index in [1.54, 1.807) is 6.08 Å². The molecule has 0 aromatic carbocycles. The van der Waals surface area contributed by atoms with Crippen LogP contribution in [0, 0.1) is 0 Å². The first-order valence-electron chi connectivity index (χ1n) is 4.88. The second-order valence-corrected chi connectivity index (χ2v) is 3.59. The van der Waals surface area contributed by atoms with Crippen molar-refractivity contribution in [3.05, 3.63) is 23.6 Å². The second-order valence-electron chi connectivity index (χ2n) is 3.59. The van der Waals surface area contributed by atoms with Crippen LogP contribution in [0.15, 0.2) is 23.6 Å². The van der Waals surface area contributed by atoms with Crippen molar-refractivity contribution in [2.45, 2.75) is 32.2 Å². The highest BCUT2D eigenvalue weighted by molar-refractivity contribution is 5.77. The number of halogens is 1. The van der Waals surface area contributed by atoms with Gasteiger partial charge in [-0.3, -0.25) is 4.79 Å². The van der Waals surface area contributed by atoms with Gasteiger partial charge in [-0.25, -0.2) is 4.39 Å². The van der Waals surface area contributed by atoms with Gasteiger partial charge in [-0.2, -0.15) is 0 Å². The Morgan fingerprint density at radius 3 is 2.80 bits per heavy atom. The largest absolute Gasteiger partial charge is 0.347 e. The van der Waals surface area contributed by atoms with Crippen LogP contribution < -0.4 is 5.32 Å². The zero-order valence-electron chi connectivity index (χ0n) is 8.63. The van der Waals surface area contributed by atoms with Crippen molar-refractivity contribution < 1.29 is 14.0 Å². The van der Waals surface area contributed by atoms with Crippen molar-refractivity contribution in [1.29, 1.82) is 0 Å². The second kappa shape index (κ2) is 5.44. The van der Waals surface area contributed by atoms with Crippen molar-refractivity contribution in [1.82, 2.24) is 5.32 Å². The minimum absolute atomic E-state index is 0.138. The van der Waals surface area contributed by atoms with Crippen LogP contribution in [0.1, 0.15) is 26.2 Å². The van der Waals surface area contributed by atoms with Crippen LogP contribution in [0.2, 0.25) is 0 Å². The lowest BCUT2D eigenvalue weighted by Crippen LogP contribution is -2.34. The summed E-state index contributed by atoms with van der Waals surface area (Å²) in [4.78, 5) is 21.4. The summed E-state index contributed by atoms with van der Waals surface area (Å²) >= 11 is 0. The Bertz CT molecular complexity index is 321. The first-order chi connectivity index (χ1) is 7.11. The average Bonchev–Trinajstić information content (AvgIpc) is 2.19. The van der Waals surface area contributed by atoms with E-state index in [2.05, 4.69) is 5.32 Å². The average molecular weight is 211 g/mol. The molecule has 1 aliphatic carbocycles. The van der Waals surface area contributed by atoms with E-state index in [9.17, 15) is 14.0 Å². The highest BCUT2D eigenvalue weighted by Gasteiger charge is 2.13. The van der Waals surface area contributed by atoms with Gasteiger partial charge in [0, 0.05) is 13.3 Å². The number of aldehydes is 1. The Morgan fingerprint density at radius 2 is 2.33 bits per heavy atom. The lowest BCUT2D eigenvalue weighted by atomic mass is 9.98. The van der Waals surface area contributed by atoms with E-state index in [1.807, 2.05) is 0 Å². The molecule has 82 valence electrons. The van der Waals surface area contributed by atoms with E-state index in [1.165, 1.54) is 13.0 Å². The summed E-state index contributed by atoms with van der Waals surface area (Å²) in [7, 11) is 0. The number of carbonyl (C=O) groups is 2. The van der Waals surface area contributed by atoms with Gasteiger partial charge in [-0.1, -0.05) is 11.6 Å². The van der Waals surface area contributed by atoms with E-state index in [4.69, 9.17) is 0 Å². The molecule has 0 heterocycles. The molecule has 0 saturated heterocycles. The van der Waals surface area contributed by atoms with Crippen LogP contribution in [-0.2, 0) is 9.59 Å². The van der Waals surface area contributed by atoms with E-state index < -0.39 is 6.04 Å². The maximum Gasteiger partial charge on any atom is 0.217 e. The summed E-state index contributed by atoms with van der Waals surface area (Å²) in [6.07, 6.45) is 5.26. The van der Waals surface area contributed by atoms with Gasteiger partial charge in [0.25, 0.3) is 0 Å². The van der Waals surface area contributed by atoms with Crippen LogP contribution in [0.25, 0.3) is 0 Å². The molecule has 1 N–H and O–H groups in total. The maximum absolute atomic E-state index is 12.7. The van der Waals surface area contributed by atoms with E-state index in [-0.39, 0.29) is 11.7 Å². The smallest absolute Gasteiger partial charge is 0.217 e. The standard InChI is InChI=1S/C11H14FNO2/c1-8(15)13-11(7-14)6-9-2-4-10(12)5-3-9/h2,4,7,11H,3,5-6H2,1H3,(H,13,15). The summed E-state index contributed by atoms with van der Waals surface area (Å²) in [5.41, 5.74) is 0.988. The quantitative estimate of drug-likeness (QED) is 0.719. The van der Waals surface area contributed by atoms with E-state index in [0.29, 0.717) is 25.5 Å². The molecule has 0 aromatic heterocycles. The third kappa shape index (κ3) is 4.06. The molecule has 1 unspecified atom stereocenters. The SMILES string of the molecule is CC(=O)NC(C=O)CC1=CC=C(F)CC1. The zero-order chi connectivity index (χ0) is 11.3. The molecule has 1 rings (SSSR count). The predicted octanol–water partition coefficient (Wildman–Crippen LogP) is 1.65. The molecule has 3 nitrogen and oxygen atoms in total.